The molecular formula is C16H24N2O4. The molecule has 1 aliphatic rings. The summed E-state index contributed by atoms with van der Waals surface area (Å²) in [4.78, 5) is 15.6. The highest BCUT2D eigenvalue weighted by Gasteiger charge is 2.21. The number of piperazine rings is 1. The molecule has 1 saturated heterocycles. The number of amides is 1. The molecule has 6 heteroatoms. The zero-order valence-corrected chi connectivity index (χ0v) is 13.7. The van der Waals surface area contributed by atoms with E-state index in [2.05, 4.69) is 4.90 Å². The Hall–Kier alpha value is -1.95. The molecule has 122 valence electrons. The number of nitrogens with zero attached hydrogens (tertiary/aromatic N) is 2. The van der Waals surface area contributed by atoms with Gasteiger partial charge < -0.3 is 19.1 Å². The molecular weight excluding hydrogens is 284 g/mol. The third-order valence-corrected chi connectivity index (χ3v) is 4.00. The van der Waals surface area contributed by atoms with Gasteiger partial charge in [-0.25, -0.2) is 0 Å². The van der Waals surface area contributed by atoms with Crippen molar-refractivity contribution in [3.05, 3.63) is 17.7 Å². The van der Waals surface area contributed by atoms with E-state index in [1.54, 1.807) is 28.3 Å². The highest BCUT2D eigenvalue weighted by molar-refractivity contribution is 5.73. The number of methoxy groups -OCH3 is 3. The van der Waals surface area contributed by atoms with Crippen LogP contribution in [0.4, 0.5) is 0 Å². The van der Waals surface area contributed by atoms with Gasteiger partial charge in [-0.05, 0) is 6.07 Å². The van der Waals surface area contributed by atoms with Gasteiger partial charge in [-0.2, -0.15) is 0 Å². The van der Waals surface area contributed by atoms with Crippen LogP contribution in [-0.2, 0) is 11.3 Å². The quantitative estimate of drug-likeness (QED) is 0.822. The van der Waals surface area contributed by atoms with Crippen molar-refractivity contribution in [2.45, 2.75) is 13.5 Å². The maximum atomic E-state index is 11.4. The molecule has 1 amide bonds. The zero-order chi connectivity index (χ0) is 16.1. The Morgan fingerprint density at radius 1 is 1.00 bits per heavy atom. The van der Waals surface area contributed by atoms with Gasteiger partial charge >= 0.3 is 0 Å². The summed E-state index contributed by atoms with van der Waals surface area (Å²) in [5.74, 6) is 2.12. The Morgan fingerprint density at radius 2 is 1.64 bits per heavy atom. The topological polar surface area (TPSA) is 51.2 Å². The van der Waals surface area contributed by atoms with E-state index in [-0.39, 0.29) is 5.91 Å². The zero-order valence-electron chi connectivity index (χ0n) is 13.7. The van der Waals surface area contributed by atoms with Gasteiger partial charge in [0.2, 0.25) is 11.7 Å². The molecule has 1 aromatic rings. The van der Waals surface area contributed by atoms with Crippen LogP contribution in [-0.4, -0.2) is 63.2 Å². The van der Waals surface area contributed by atoms with Gasteiger partial charge in [-0.15, -0.1) is 0 Å². The van der Waals surface area contributed by atoms with Crippen LogP contribution in [0.1, 0.15) is 12.5 Å². The number of rotatable bonds is 5. The summed E-state index contributed by atoms with van der Waals surface area (Å²) in [6, 6.07) is 3.89. The van der Waals surface area contributed by atoms with Crippen LogP contribution in [0.3, 0.4) is 0 Å². The van der Waals surface area contributed by atoms with Gasteiger partial charge in [-0.1, -0.05) is 6.07 Å². The molecule has 1 heterocycles. The van der Waals surface area contributed by atoms with Crippen molar-refractivity contribution < 1.29 is 19.0 Å². The second kappa shape index (κ2) is 7.35. The van der Waals surface area contributed by atoms with E-state index >= 15 is 0 Å². The van der Waals surface area contributed by atoms with Gasteiger partial charge in [0.25, 0.3) is 0 Å². The number of hydrogen-bond donors (Lipinski definition) is 0. The summed E-state index contributed by atoms with van der Waals surface area (Å²) in [5.41, 5.74) is 1.05. The van der Waals surface area contributed by atoms with Gasteiger partial charge in [0.1, 0.15) is 0 Å². The fraction of sp³-hybridized carbons (Fsp3) is 0.562. The predicted molar refractivity (Wildman–Crippen MR) is 83.6 cm³/mol. The van der Waals surface area contributed by atoms with Crippen LogP contribution in [0, 0.1) is 0 Å². The fourth-order valence-electron chi connectivity index (χ4n) is 2.75. The van der Waals surface area contributed by atoms with E-state index in [9.17, 15) is 4.79 Å². The van der Waals surface area contributed by atoms with Crippen LogP contribution in [0.2, 0.25) is 0 Å². The monoisotopic (exact) mass is 308 g/mol. The molecule has 0 radical (unpaired) electrons. The Morgan fingerprint density at radius 3 is 2.14 bits per heavy atom. The lowest BCUT2D eigenvalue weighted by Gasteiger charge is -2.34. The summed E-state index contributed by atoms with van der Waals surface area (Å²) in [6.07, 6.45) is 0. The first-order valence-electron chi connectivity index (χ1n) is 7.36. The Labute approximate surface area is 131 Å². The van der Waals surface area contributed by atoms with Crippen molar-refractivity contribution in [3.8, 4) is 17.2 Å². The molecule has 1 aromatic carbocycles. The second-order valence-corrected chi connectivity index (χ2v) is 5.28. The first-order valence-corrected chi connectivity index (χ1v) is 7.36. The molecule has 0 bridgehead atoms. The molecule has 0 atom stereocenters. The number of benzene rings is 1. The Kier molecular flexibility index (Phi) is 5.49. The molecule has 0 N–H and O–H groups in total. The molecule has 0 spiro atoms. The molecule has 2 rings (SSSR count). The minimum Gasteiger partial charge on any atom is -0.493 e. The van der Waals surface area contributed by atoms with E-state index in [4.69, 9.17) is 14.2 Å². The van der Waals surface area contributed by atoms with E-state index in [0.29, 0.717) is 17.2 Å². The Balaban J connectivity index is 2.12. The Bertz CT molecular complexity index is 525. The second-order valence-electron chi connectivity index (χ2n) is 5.28. The number of carbonyl (C=O) groups excluding carboxylic acids is 1. The highest BCUT2D eigenvalue weighted by atomic mass is 16.5. The van der Waals surface area contributed by atoms with Gasteiger partial charge in [-0.3, -0.25) is 9.69 Å². The van der Waals surface area contributed by atoms with Gasteiger partial charge in [0.05, 0.1) is 21.3 Å². The lowest BCUT2D eigenvalue weighted by atomic mass is 10.1. The number of ether oxygens (including phenoxy) is 3. The van der Waals surface area contributed by atoms with Crippen LogP contribution in [0.15, 0.2) is 12.1 Å². The lowest BCUT2D eigenvalue weighted by molar-refractivity contribution is -0.130. The minimum absolute atomic E-state index is 0.142. The SMILES string of the molecule is COc1ccc(CN2CCN(C(C)=O)CC2)c(OC)c1OC. The van der Waals surface area contributed by atoms with Crippen molar-refractivity contribution >= 4 is 5.91 Å². The number of hydrogen-bond acceptors (Lipinski definition) is 5. The van der Waals surface area contributed by atoms with Crippen molar-refractivity contribution in [3.63, 3.8) is 0 Å². The maximum absolute atomic E-state index is 11.4. The average molecular weight is 308 g/mol. The molecule has 0 saturated carbocycles. The number of carbonyl (C=O) groups is 1. The first kappa shape index (κ1) is 16.4. The summed E-state index contributed by atoms with van der Waals surface area (Å²) < 4.78 is 16.2. The molecule has 0 aliphatic carbocycles. The van der Waals surface area contributed by atoms with Crippen molar-refractivity contribution in [2.75, 3.05) is 47.5 Å². The molecule has 22 heavy (non-hydrogen) atoms. The van der Waals surface area contributed by atoms with Crippen LogP contribution in [0.5, 0.6) is 17.2 Å². The fourth-order valence-corrected chi connectivity index (χ4v) is 2.75. The van der Waals surface area contributed by atoms with E-state index < -0.39 is 0 Å². The van der Waals surface area contributed by atoms with Crippen molar-refractivity contribution in [1.82, 2.24) is 9.80 Å². The highest BCUT2D eigenvalue weighted by Crippen LogP contribution is 2.40. The summed E-state index contributed by atoms with van der Waals surface area (Å²) in [7, 11) is 4.85. The minimum atomic E-state index is 0.142. The normalized spacial score (nSPS) is 15.5. The molecule has 0 aromatic heterocycles. The molecule has 0 unspecified atom stereocenters. The average Bonchev–Trinajstić information content (AvgIpc) is 2.54. The summed E-state index contributed by atoms with van der Waals surface area (Å²) in [6.45, 7) is 5.63. The largest absolute Gasteiger partial charge is 0.493 e. The standard InChI is InChI=1S/C16H24N2O4/c1-12(19)18-9-7-17(8-10-18)11-13-5-6-14(20-2)16(22-4)15(13)21-3/h5-6H,7-11H2,1-4H3. The van der Waals surface area contributed by atoms with Crippen LogP contribution >= 0.6 is 0 Å². The van der Waals surface area contributed by atoms with Gasteiger partial charge in [0, 0.05) is 45.2 Å². The summed E-state index contributed by atoms with van der Waals surface area (Å²) in [5, 5.41) is 0. The third kappa shape index (κ3) is 3.44. The van der Waals surface area contributed by atoms with E-state index in [0.717, 1.165) is 38.3 Å². The van der Waals surface area contributed by atoms with Gasteiger partial charge in [0.15, 0.2) is 11.5 Å². The van der Waals surface area contributed by atoms with Crippen LogP contribution < -0.4 is 14.2 Å². The molecule has 1 aliphatic heterocycles. The van der Waals surface area contributed by atoms with Crippen LogP contribution in [0.25, 0.3) is 0 Å². The lowest BCUT2D eigenvalue weighted by Crippen LogP contribution is -2.47. The third-order valence-electron chi connectivity index (χ3n) is 4.00. The van der Waals surface area contributed by atoms with E-state index in [1.807, 2.05) is 17.0 Å². The van der Waals surface area contributed by atoms with E-state index in [1.165, 1.54) is 0 Å². The summed E-state index contributed by atoms with van der Waals surface area (Å²) >= 11 is 0. The molecule has 6 nitrogen and oxygen atoms in total. The smallest absolute Gasteiger partial charge is 0.219 e. The van der Waals surface area contributed by atoms with Crippen molar-refractivity contribution in [1.29, 1.82) is 0 Å². The predicted octanol–water partition coefficient (Wildman–Crippen LogP) is 1.38. The van der Waals surface area contributed by atoms with Crippen molar-refractivity contribution in [2.24, 2.45) is 0 Å². The maximum Gasteiger partial charge on any atom is 0.219 e. The first-order chi connectivity index (χ1) is 10.6. The molecule has 1 fully saturated rings.